The van der Waals surface area contributed by atoms with Gasteiger partial charge in [0.1, 0.15) is 0 Å². The smallest absolute Gasteiger partial charge is 0.399 e. The number of hydrogen-bond acceptors (Lipinski definition) is 3. The van der Waals surface area contributed by atoms with E-state index in [9.17, 15) is 0 Å². The molecule has 17 heavy (non-hydrogen) atoms. The van der Waals surface area contributed by atoms with E-state index in [4.69, 9.17) is 9.31 Å². The highest BCUT2D eigenvalue weighted by atomic mass is 16.7. The van der Waals surface area contributed by atoms with Gasteiger partial charge in [-0.25, -0.2) is 0 Å². The molecular formula is C13H22BNO2. The van der Waals surface area contributed by atoms with Crippen LogP contribution in [0.3, 0.4) is 0 Å². The van der Waals surface area contributed by atoms with Crippen molar-refractivity contribution in [2.75, 3.05) is 0 Å². The Hall–Kier alpha value is -0.605. The Labute approximate surface area is 104 Å². The van der Waals surface area contributed by atoms with Crippen LogP contribution < -0.4 is 0 Å². The molecule has 2 heterocycles. The SMILES string of the molecule is CC1CCC=C(B2OC(C)(C)C(C)(C)O2)C=N1. The minimum atomic E-state index is -0.274. The van der Waals surface area contributed by atoms with Crippen molar-refractivity contribution in [1.82, 2.24) is 0 Å². The number of hydrogen-bond donors (Lipinski definition) is 0. The van der Waals surface area contributed by atoms with Crippen LogP contribution in [0.1, 0.15) is 47.5 Å². The lowest BCUT2D eigenvalue weighted by molar-refractivity contribution is 0.00578. The van der Waals surface area contributed by atoms with Gasteiger partial charge >= 0.3 is 7.12 Å². The lowest BCUT2D eigenvalue weighted by Gasteiger charge is -2.32. The van der Waals surface area contributed by atoms with Crippen LogP contribution in [0, 0.1) is 0 Å². The summed E-state index contributed by atoms with van der Waals surface area (Å²) in [7, 11) is -0.269. The van der Waals surface area contributed by atoms with Gasteiger partial charge in [0.05, 0.1) is 11.2 Å². The monoisotopic (exact) mass is 235 g/mol. The minimum Gasteiger partial charge on any atom is -0.399 e. The lowest BCUT2D eigenvalue weighted by Crippen LogP contribution is -2.41. The molecule has 0 N–H and O–H groups in total. The third kappa shape index (κ3) is 2.48. The fourth-order valence-electron chi connectivity index (χ4n) is 1.97. The van der Waals surface area contributed by atoms with Crippen molar-refractivity contribution < 1.29 is 9.31 Å². The van der Waals surface area contributed by atoms with Crippen molar-refractivity contribution in [2.45, 2.75) is 64.7 Å². The first-order valence-electron chi connectivity index (χ1n) is 6.41. The largest absolute Gasteiger partial charge is 0.496 e. The van der Waals surface area contributed by atoms with Gasteiger partial charge in [-0.2, -0.15) is 0 Å². The van der Waals surface area contributed by atoms with Crippen LogP contribution in [0.2, 0.25) is 0 Å². The van der Waals surface area contributed by atoms with E-state index in [0.717, 1.165) is 18.3 Å². The summed E-state index contributed by atoms with van der Waals surface area (Å²) in [5.41, 5.74) is 0.516. The van der Waals surface area contributed by atoms with Crippen LogP contribution >= 0.6 is 0 Å². The van der Waals surface area contributed by atoms with E-state index in [0.29, 0.717) is 6.04 Å². The lowest BCUT2D eigenvalue weighted by atomic mass is 9.78. The van der Waals surface area contributed by atoms with Crippen LogP contribution in [-0.4, -0.2) is 30.6 Å². The maximum atomic E-state index is 6.01. The summed E-state index contributed by atoms with van der Waals surface area (Å²) >= 11 is 0. The maximum absolute atomic E-state index is 6.01. The molecule has 1 atom stereocenters. The fourth-order valence-corrected chi connectivity index (χ4v) is 1.97. The highest BCUT2D eigenvalue weighted by molar-refractivity contribution is 6.60. The van der Waals surface area contributed by atoms with Crippen LogP contribution in [0.4, 0.5) is 0 Å². The second-order valence-electron chi connectivity index (χ2n) is 6.00. The predicted molar refractivity (Wildman–Crippen MR) is 71.4 cm³/mol. The molecule has 0 aromatic rings. The van der Waals surface area contributed by atoms with E-state index in [-0.39, 0.29) is 18.3 Å². The van der Waals surface area contributed by atoms with E-state index < -0.39 is 0 Å². The number of allylic oxidation sites excluding steroid dienone is 2. The summed E-state index contributed by atoms with van der Waals surface area (Å²) in [5.74, 6) is 0. The standard InChI is InChI=1S/C13H22BNO2/c1-10-7-6-8-11(9-15-10)14-16-12(2,3)13(4,5)17-14/h8-10H,6-7H2,1-5H3. The molecular weight excluding hydrogens is 213 g/mol. The molecule has 94 valence electrons. The van der Waals surface area contributed by atoms with Gasteiger partial charge in [-0.1, -0.05) is 6.08 Å². The molecule has 0 aromatic carbocycles. The summed E-state index contributed by atoms with van der Waals surface area (Å²) < 4.78 is 12.0. The average Bonchev–Trinajstić information content (AvgIpc) is 2.39. The Morgan fingerprint density at radius 1 is 1.24 bits per heavy atom. The first-order chi connectivity index (χ1) is 7.82. The number of nitrogens with zero attached hydrogens (tertiary/aromatic N) is 1. The first-order valence-corrected chi connectivity index (χ1v) is 6.41. The van der Waals surface area contributed by atoms with Crippen LogP contribution in [0.15, 0.2) is 16.5 Å². The van der Waals surface area contributed by atoms with Crippen LogP contribution in [0.25, 0.3) is 0 Å². The summed E-state index contributed by atoms with van der Waals surface area (Å²) in [5, 5.41) is 0. The van der Waals surface area contributed by atoms with Crippen molar-refractivity contribution >= 4 is 13.3 Å². The second-order valence-corrected chi connectivity index (χ2v) is 6.00. The fraction of sp³-hybridized carbons (Fsp3) is 0.769. The Kier molecular flexibility index (Phi) is 3.21. The molecule has 1 fully saturated rings. The third-order valence-electron chi connectivity index (χ3n) is 3.97. The van der Waals surface area contributed by atoms with E-state index in [1.54, 1.807) is 0 Å². The zero-order valence-electron chi connectivity index (χ0n) is 11.5. The molecule has 2 aliphatic rings. The topological polar surface area (TPSA) is 30.8 Å². The molecule has 0 aromatic heterocycles. The maximum Gasteiger partial charge on any atom is 0.496 e. The van der Waals surface area contributed by atoms with E-state index >= 15 is 0 Å². The van der Waals surface area contributed by atoms with Crippen molar-refractivity contribution in [3.63, 3.8) is 0 Å². The summed E-state index contributed by atoms with van der Waals surface area (Å²) in [4.78, 5) is 4.49. The molecule has 1 saturated heterocycles. The Balaban J connectivity index is 2.16. The van der Waals surface area contributed by atoms with Gasteiger partial charge in [0.25, 0.3) is 0 Å². The van der Waals surface area contributed by atoms with Gasteiger partial charge in [0.2, 0.25) is 0 Å². The molecule has 0 aliphatic carbocycles. The molecule has 0 spiro atoms. The van der Waals surface area contributed by atoms with Crippen molar-refractivity contribution in [3.8, 4) is 0 Å². The summed E-state index contributed by atoms with van der Waals surface area (Å²) in [6, 6.07) is 0.395. The number of aliphatic imine (C=N–C) groups is 1. The molecule has 0 saturated carbocycles. The molecule has 2 aliphatic heterocycles. The van der Waals surface area contributed by atoms with Crippen molar-refractivity contribution in [1.29, 1.82) is 0 Å². The molecule has 0 radical (unpaired) electrons. The summed E-state index contributed by atoms with van der Waals surface area (Å²) in [6.07, 6.45) is 6.25. The minimum absolute atomic E-state index is 0.269. The zero-order chi connectivity index (χ0) is 12.7. The Morgan fingerprint density at radius 2 is 1.82 bits per heavy atom. The molecule has 0 bridgehead atoms. The highest BCUT2D eigenvalue weighted by Crippen LogP contribution is 2.38. The van der Waals surface area contributed by atoms with Gasteiger partial charge in [-0.05, 0) is 52.9 Å². The molecule has 2 rings (SSSR count). The normalized spacial score (nSPS) is 31.2. The number of rotatable bonds is 1. The Morgan fingerprint density at radius 3 is 2.41 bits per heavy atom. The third-order valence-corrected chi connectivity index (χ3v) is 3.97. The molecule has 0 amide bonds. The highest BCUT2D eigenvalue weighted by Gasteiger charge is 2.52. The van der Waals surface area contributed by atoms with Crippen LogP contribution in [-0.2, 0) is 9.31 Å². The van der Waals surface area contributed by atoms with Gasteiger partial charge in [0, 0.05) is 12.3 Å². The van der Waals surface area contributed by atoms with Gasteiger partial charge < -0.3 is 9.31 Å². The van der Waals surface area contributed by atoms with Gasteiger partial charge in [-0.15, -0.1) is 0 Å². The van der Waals surface area contributed by atoms with E-state index in [1.807, 2.05) is 6.21 Å². The van der Waals surface area contributed by atoms with Crippen molar-refractivity contribution in [3.05, 3.63) is 11.5 Å². The second kappa shape index (κ2) is 4.25. The molecule has 4 heteroatoms. The zero-order valence-corrected chi connectivity index (χ0v) is 11.5. The van der Waals surface area contributed by atoms with E-state index in [1.165, 1.54) is 0 Å². The Bertz CT molecular complexity index is 344. The van der Waals surface area contributed by atoms with Gasteiger partial charge in [-0.3, -0.25) is 4.99 Å². The predicted octanol–water partition coefficient (Wildman–Crippen LogP) is 2.80. The van der Waals surface area contributed by atoms with E-state index in [2.05, 4.69) is 45.7 Å². The molecule has 1 unspecified atom stereocenters. The van der Waals surface area contributed by atoms with Gasteiger partial charge in [0.15, 0.2) is 0 Å². The van der Waals surface area contributed by atoms with Crippen LogP contribution in [0.5, 0.6) is 0 Å². The van der Waals surface area contributed by atoms with Crippen molar-refractivity contribution in [2.24, 2.45) is 4.99 Å². The first kappa shape index (κ1) is 12.8. The quantitative estimate of drug-likeness (QED) is 0.654. The average molecular weight is 235 g/mol. The summed E-state index contributed by atoms with van der Waals surface area (Å²) in [6.45, 7) is 10.4. The molecule has 3 nitrogen and oxygen atoms in total.